The predicted molar refractivity (Wildman–Crippen MR) is 175 cm³/mol. The third-order valence-corrected chi connectivity index (χ3v) is 15.8. The first-order valence-electron chi connectivity index (χ1n) is 14.3. The molecule has 0 saturated heterocycles. The number of benzene rings is 4. The molecule has 202 valence electrons. The number of allylic oxidation sites excluding steroid dienone is 2. The Morgan fingerprint density at radius 3 is 1.25 bits per heavy atom. The first kappa shape index (κ1) is 27.6. The molecule has 0 N–H and O–H groups in total. The van der Waals surface area contributed by atoms with Crippen molar-refractivity contribution >= 4 is 46.3 Å². The molecule has 0 atom stereocenters. The van der Waals surface area contributed by atoms with E-state index < -0.39 is 0 Å². The van der Waals surface area contributed by atoms with Gasteiger partial charge in [0.1, 0.15) is 0 Å². The third-order valence-electron chi connectivity index (χ3n) is 8.61. The summed E-state index contributed by atoms with van der Waals surface area (Å²) in [6.45, 7) is 13.9. The summed E-state index contributed by atoms with van der Waals surface area (Å²) < 4.78 is 3.06. The van der Waals surface area contributed by atoms with E-state index >= 15 is 0 Å². The van der Waals surface area contributed by atoms with E-state index in [4.69, 9.17) is 0 Å². The van der Waals surface area contributed by atoms with Crippen molar-refractivity contribution in [3.63, 3.8) is 0 Å². The van der Waals surface area contributed by atoms with E-state index in [1.165, 1.54) is 64.6 Å². The molecule has 0 heterocycles. The van der Waals surface area contributed by atoms with Crippen LogP contribution in [0.5, 0.6) is 0 Å². The van der Waals surface area contributed by atoms with Crippen molar-refractivity contribution in [1.82, 2.24) is 0 Å². The second-order valence-corrected chi connectivity index (χ2v) is 19.0. The molecular formula is C38H38Se2. The molecule has 0 spiro atoms. The van der Waals surface area contributed by atoms with Crippen molar-refractivity contribution in [3.8, 4) is 0 Å². The Hall–Kier alpha value is -2.60. The Balaban J connectivity index is 1.26. The normalized spacial score (nSPS) is 16.9. The van der Waals surface area contributed by atoms with E-state index in [0.717, 1.165) is 12.8 Å². The van der Waals surface area contributed by atoms with Crippen LogP contribution in [-0.2, 0) is 10.8 Å². The summed E-state index contributed by atoms with van der Waals surface area (Å²) in [6, 6.07) is 32.7. The quantitative estimate of drug-likeness (QED) is 0.193. The zero-order valence-electron chi connectivity index (χ0n) is 24.5. The van der Waals surface area contributed by atoms with E-state index in [9.17, 15) is 0 Å². The second kappa shape index (κ2) is 10.7. The van der Waals surface area contributed by atoms with Crippen LogP contribution < -0.4 is 8.92 Å². The molecule has 0 amide bonds. The summed E-state index contributed by atoms with van der Waals surface area (Å²) in [4.78, 5) is 0. The van der Waals surface area contributed by atoms with Crippen LogP contribution in [0, 0.1) is 13.8 Å². The summed E-state index contributed by atoms with van der Waals surface area (Å²) in [5.74, 6) is 0. The van der Waals surface area contributed by atoms with Gasteiger partial charge in [0.15, 0.2) is 0 Å². The van der Waals surface area contributed by atoms with E-state index in [1.54, 1.807) is 0 Å². The maximum atomic E-state index is 2.54. The Labute approximate surface area is 251 Å². The molecule has 4 aromatic rings. The minimum atomic E-state index is 0.164. The second-order valence-electron chi connectivity index (χ2n) is 12.7. The predicted octanol–water partition coefficient (Wildman–Crippen LogP) is 7.80. The molecule has 4 aromatic carbocycles. The Bertz CT molecular complexity index is 1510. The molecule has 0 saturated carbocycles. The molecule has 0 aromatic heterocycles. The van der Waals surface area contributed by atoms with Gasteiger partial charge in [-0.1, -0.05) is 0 Å². The van der Waals surface area contributed by atoms with E-state index in [-0.39, 0.29) is 10.8 Å². The van der Waals surface area contributed by atoms with Crippen LogP contribution in [0.3, 0.4) is 0 Å². The van der Waals surface area contributed by atoms with Crippen LogP contribution in [0.4, 0.5) is 0 Å². The molecule has 2 heteroatoms. The average molecular weight is 653 g/mol. The van der Waals surface area contributed by atoms with Gasteiger partial charge in [-0.2, -0.15) is 0 Å². The van der Waals surface area contributed by atoms with Crippen LogP contribution in [0.2, 0.25) is 0 Å². The molecular weight excluding hydrogens is 614 g/mol. The number of rotatable bonds is 5. The summed E-state index contributed by atoms with van der Waals surface area (Å²) in [5, 5.41) is 0. The Morgan fingerprint density at radius 1 is 0.500 bits per heavy atom. The first-order valence-corrected chi connectivity index (χ1v) is 20.3. The van der Waals surface area contributed by atoms with Crippen molar-refractivity contribution in [3.05, 3.63) is 142 Å². The van der Waals surface area contributed by atoms with Gasteiger partial charge in [0, 0.05) is 0 Å². The molecule has 0 nitrogen and oxygen atoms in total. The first-order chi connectivity index (χ1) is 19.1. The third kappa shape index (κ3) is 5.36. The van der Waals surface area contributed by atoms with Gasteiger partial charge in [0.05, 0.1) is 0 Å². The molecule has 2 aliphatic rings. The number of hydrogen-bond donors (Lipinski definition) is 0. The minimum absolute atomic E-state index is 0.164. The van der Waals surface area contributed by atoms with Gasteiger partial charge >= 0.3 is 253 Å². The molecule has 0 radical (unpaired) electrons. The fourth-order valence-corrected chi connectivity index (χ4v) is 12.0. The van der Waals surface area contributed by atoms with E-state index in [2.05, 4.69) is 139 Å². The van der Waals surface area contributed by atoms with Crippen molar-refractivity contribution < 1.29 is 0 Å². The molecule has 0 bridgehead atoms. The summed E-state index contributed by atoms with van der Waals surface area (Å²) >= 11 is 0.901. The molecule has 2 aliphatic carbocycles. The van der Waals surface area contributed by atoms with Crippen LogP contribution in [0.25, 0.3) is 11.1 Å². The van der Waals surface area contributed by atoms with Crippen LogP contribution in [0.1, 0.15) is 85.0 Å². The van der Waals surface area contributed by atoms with Crippen molar-refractivity contribution in [2.24, 2.45) is 0 Å². The fraction of sp³-hybridized carbons (Fsp3) is 0.263. The number of aryl methyl sites for hydroxylation is 2. The van der Waals surface area contributed by atoms with Gasteiger partial charge in [-0.15, -0.1) is 0 Å². The van der Waals surface area contributed by atoms with Gasteiger partial charge in [0.2, 0.25) is 0 Å². The van der Waals surface area contributed by atoms with Gasteiger partial charge in [-0.05, 0) is 0 Å². The molecule has 40 heavy (non-hydrogen) atoms. The van der Waals surface area contributed by atoms with Crippen LogP contribution in [-0.4, -0.2) is 26.3 Å². The summed E-state index contributed by atoms with van der Waals surface area (Å²) in [7, 11) is 0. The maximum absolute atomic E-state index is 2.54. The van der Waals surface area contributed by atoms with Crippen molar-refractivity contribution in [2.75, 3.05) is 0 Å². The topological polar surface area (TPSA) is 0 Å². The van der Waals surface area contributed by atoms with E-state index in [0.29, 0.717) is 26.3 Å². The zero-order chi connectivity index (χ0) is 28.1. The van der Waals surface area contributed by atoms with E-state index in [1.807, 2.05) is 0 Å². The van der Waals surface area contributed by atoms with Gasteiger partial charge in [-0.25, -0.2) is 0 Å². The monoisotopic (exact) mass is 654 g/mol. The summed E-state index contributed by atoms with van der Waals surface area (Å²) in [6.07, 6.45) is 7.08. The molecule has 0 aliphatic heterocycles. The van der Waals surface area contributed by atoms with Crippen LogP contribution >= 0.6 is 0 Å². The van der Waals surface area contributed by atoms with Gasteiger partial charge in [-0.3, -0.25) is 0 Å². The fourth-order valence-electron chi connectivity index (χ4n) is 6.00. The zero-order valence-corrected chi connectivity index (χ0v) is 27.9. The summed E-state index contributed by atoms with van der Waals surface area (Å²) in [5.41, 5.74) is 14.3. The van der Waals surface area contributed by atoms with Crippen molar-refractivity contribution in [2.45, 2.75) is 65.2 Å². The molecule has 0 unspecified atom stereocenters. The Kier molecular flexibility index (Phi) is 7.35. The van der Waals surface area contributed by atoms with Gasteiger partial charge in [0.25, 0.3) is 0 Å². The van der Waals surface area contributed by atoms with Gasteiger partial charge < -0.3 is 0 Å². The number of fused-ring (bicyclic) bond motifs is 2. The molecule has 0 fully saturated rings. The SMILES string of the molecule is Cc1ccc(C2=CCC(C)(C)c3cc([Se][Se]c4ccc5c(c4)C(C)(C)CC=C5c4ccc(C)cc4)ccc32)cc1. The standard InChI is InChI=1S/C38H38Se2/c1-25-7-11-27(12-8-25)31-19-21-37(3,4)35-23-29(15-17-33(31)35)39-40-30-16-18-34-32(28-13-9-26(2)10-14-28)20-22-38(5,6)36(34)24-30/h7-20,23-24H,21-22H2,1-6H3. The number of hydrogen-bond acceptors (Lipinski definition) is 0. The average Bonchev–Trinajstić information content (AvgIpc) is 2.94. The van der Waals surface area contributed by atoms with Crippen LogP contribution in [0.15, 0.2) is 97.1 Å². The van der Waals surface area contributed by atoms with Crippen molar-refractivity contribution in [1.29, 1.82) is 0 Å². The molecule has 6 rings (SSSR count). The Morgan fingerprint density at radius 2 is 0.875 bits per heavy atom.